The van der Waals surface area contributed by atoms with Crippen molar-refractivity contribution in [3.8, 4) is 0 Å². The number of aliphatic hydroxyl groups is 2. The third kappa shape index (κ3) is 3.82. The number of hydrogen-bond donors (Lipinski definition) is 2. The summed E-state index contributed by atoms with van der Waals surface area (Å²) in [7, 11) is 0. The van der Waals surface area contributed by atoms with E-state index in [2.05, 4.69) is 18.9 Å². The van der Waals surface area contributed by atoms with E-state index in [1.54, 1.807) is 0 Å². The van der Waals surface area contributed by atoms with Gasteiger partial charge in [-0.05, 0) is 27.7 Å². The Labute approximate surface area is 138 Å². The Kier molecular flexibility index (Phi) is 8.34. The topological polar surface area (TPSA) is 146 Å². The monoisotopic (exact) mass is 350 g/mol. The Morgan fingerprint density at radius 1 is 0.583 bits per heavy atom. The van der Waals surface area contributed by atoms with Gasteiger partial charge >= 0.3 is 35.1 Å². The van der Waals surface area contributed by atoms with Crippen molar-refractivity contribution in [2.45, 2.75) is 38.9 Å². The van der Waals surface area contributed by atoms with Crippen LogP contribution in [0.4, 0.5) is 0 Å². The van der Waals surface area contributed by atoms with E-state index in [0.29, 0.717) is 0 Å². The van der Waals surface area contributed by atoms with Crippen LogP contribution in [0.3, 0.4) is 0 Å². The fourth-order valence-electron chi connectivity index (χ4n) is 1.70. The summed E-state index contributed by atoms with van der Waals surface area (Å²) >= 11 is 0. The number of ether oxygens (including phenoxy) is 4. The van der Waals surface area contributed by atoms with Crippen molar-refractivity contribution >= 4 is 23.9 Å². The number of esters is 4. The number of carbonyl (C=O) groups excluding carboxylic acids is 4. The molecule has 0 spiro atoms. The first kappa shape index (κ1) is 21.8. The Morgan fingerprint density at radius 2 is 0.750 bits per heavy atom. The van der Waals surface area contributed by atoms with Crippen molar-refractivity contribution < 1.29 is 48.3 Å². The quantitative estimate of drug-likeness (QED) is 0.292. The minimum atomic E-state index is -3.70. The largest absolute Gasteiger partial charge is 0.463 e. The minimum absolute atomic E-state index is 0.317. The first-order valence-corrected chi connectivity index (χ1v) is 7.31. The van der Waals surface area contributed by atoms with Crippen LogP contribution in [0, 0.1) is 0 Å². The molecule has 0 amide bonds. The minimum Gasteiger partial charge on any atom is -0.463 e. The molecule has 0 aliphatic carbocycles. The lowest BCUT2D eigenvalue weighted by Crippen LogP contribution is -2.73. The molecule has 0 aliphatic heterocycles. The standard InChI is InChI=1S/C14H22O10/c1-5-21-9(15)13(19,10(16)22-6-2)14(20,11(17)23-7-3)12(18)24-8-4/h19-20H,5-8H2,1-4H3. The number of rotatable bonds is 9. The van der Waals surface area contributed by atoms with Crippen LogP contribution in [0.1, 0.15) is 27.7 Å². The molecule has 0 bridgehead atoms. The highest BCUT2D eigenvalue weighted by atomic mass is 16.6. The van der Waals surface area contributed by atoms with Crippen LogP contribution in [0.25, 0.3) is 0 Å². The molecule has 0 fully saturated rings. The van der Waals surface area contributed by atoms with Gasteiger partial charge in [0.1, 0.15) is 0 Å². The maximum atomic E-state index is 12.1. The lowest BCUT2D eigenvalue weighted by Gasteiger charge is -2.34. The third-order valence-corrected chi connectivity index (χ3v) is 2.81. The zero-order chi connectivity index (χ0) is 19.0. The van der Waals surface area contributed by atoms with E-state index < -0.39 is 35.1 Å². The predicted octanol–water partition coefficient (Wildman–Crippen LogP) is -1.30. The molecular formula is C14H22O10. The van der Waals surface area contributed by atoms with E-state index in [1.165, 1.54) is 27.7 Å². The van der Waals surface area contributed by atoms with E-state index >= 15 is 0 Å². The molecule has 2 N–H and O–H groups in total. The van der Waals surface area contributed by atoms with Crippen molar-refractivity contribution in [3.63, 3.8) is 0 Å². The summed E-state index contributed by atoms with van der Waals surface area (Å²) in [6.07, 6.45) is 0. The maximum absolute atomic E-state index is 12.1. The van der Waals surface area contributed by atoms with Crippen molar-refractivity contribution in [1.82, 2.24) is 0 Å². The van der Waals surface area contributed by atoms with E-state index in [1.807, 2.05) is 0 Å². The molecule has 0 aromatic heterocycles. The normalized spacial score (nSPS) is 11.4. The van der Waals surface area contributed by atoms with Crippen molar-refractivity contribution in [3.05, 3.63) is 0 Å². The molecule has 0 saturated heterocycles. The van der Waals surface area contributed by atoms with Crippen LogP contribution < -0.4 is 0 Å². The van der Waals surface area contributed by atoms with E-state index in [0.717, 1.165) is 0 Å². The molecule has 0 radical (unpaired) electrons. The first-order valence-electron chi connectivity index (χ1n) is 7.31. The summed E-state index contributed by atoms with van der Waals surface area (Å²) < 4.78 is 18.0. The van der Waals surface area contributed by atoms with Crippen LogP contribution in [0.5, 0.6) is 0 Å². The SMILES string of the molecule is CCOC(=O)C(O)(C(=O)OCC)C(O)(C(=O)OCC)C(=O)OCC. The summed E-state index contributed by atoms with van der Waals surface area (Å²) in [5.41, 5.74) is -7.39. The molecule has 0 atom stereocenters. The van der Waals surface area contributed by atoms with Gasteiger partial charge in [0.25, 0.3) is 0 Å². The fourth-order valence-corrected chi connectivity index (χ4v) is 1.70. The summed E-state index contributed by atoms with van der Waals surface area (Å²) in [6, 6.07) is 0. The van der Waals surface area contributed by atoms with E-state index in [9.17, 15) is 29.4 Å². The van der Waals surface area contributed by atoms with Gasteiger partial charge in [0, 0.05) is 0 Å². The van der Waals surface area contributed by atoms with Gasteiger partial charge in [0.15, 0.2) is 0 Å². The molecular weight excluding hydrogens is 328 g/mol. The Balaban J connectivity index is 6.35. The number of hydrogen-bond acceptors (Lipinski definition) is 10. The van der Waals surface area contributed by atoms with Gasteiger partial charge in [-0.1, -0.05) is 0 Å². The smallest absolute Gasteiger partial charge is 0.354 e. The molecule has 0 unspecified atom stereocenters. The van der Waals surface area contributed by atoms with Crippen LogP contribution in [0.15, 0.2) is 0 Å². The molecule has 24 heavy (non-hydrogen) atoms. The molecule has 0 rings (SSSR count). The summed E-state index contributed by atoms with van der Waals surface area (Å²) in [5.74, 6) is -7.03. The first-order chi connectivity index (χ1) is 11.2. The summed E-state index contributed by atoms with van der Waals surface area (Å²) in [6.45, 7) is 4.11. The van der Waals surface area contributed by atoms with Gasteiger partial charge in [-0.25, -0.2) is 19.2 Å². The Hall–Kier alpha value is -2.20. The van der Waals surface area contributed by atoms with E-state index in [-0.39, 0.29) is 26.4 Å². The van der Waals surface area contributed by atoms with Gasteiger partial charge in [0.2, 0.25) is 0 Å². The molecule has 0 saturated carbocycles. The summed E-state index contributed by atoms with van der Waals surface area (Å²) in [4.78, 5) is 48.4. The zero-order valence-corrected chi connectivity index (χ0v) is 14.0. The predicted molar refractivity (Wildman–Crippen MR) is 76.4 cm³/mol. The average molecular weight is 350 g/mol. The molecule has 0 heterocycles. The second kappa shape index (κ2) is 9.18. The summed E-state index contributed by atoms with van der Waals surface area (Å²) in [5, 5.41) is 21.0. The van der Waals surface area contributed by atoms with Gasteiger partial charge in [0.05, 0.1) is 26.4 Å². The highest BCUT2D eigenvalue weighted by Crippen LogP contribution is 2.29. The second-order valence-corrected chi connectivity index (χ2v) is 4.30. The zero-order valence-electron chi connectivity index (χ0n) is 14.0. The van der Waals surface area contributed by atoms with Crippen molar-refractivity contribution in [2.75, 3.05) is 26.4 Å². The lowest BCUT2D eigenvalue weighted by molar-refractivity contribution is -0.229. The lowest BCUT2D eigenvalue weighted by atomic mass is 9.82. The molecule has 0 aromatic rings. The molecule has 138 valence electrons. The Morgan fingerprint density at radius 3 is 0.875 bits per heavy atom. The van der Waals surface area contributed by atoms with Crippen molar-refractivity contribution in [1.29, 1.82) is 0 Å². The van der Waals surface area contributed by atoms with Gasteiger partial charge in [-0.15, -0.1) is 0 Å². The van der Waals surface area contributed by atoms with Gasteiger partial charge < -0.3 is 29.2 Å². The Bertz CT molecular complexity index is 404. The second-order valence-electron chi connectivity index (χ2n) is 4.30. The third-order valence-electron chi connectivity index (χ3n) is 2.81. The molecule has 10 nitrogen and oxygen atoms in total. The van der Waals surface area contributed by atoms with Crippen LogP contribution >= 0.6 is 0 Å². The average Bonchev–Trinajstić information content (AvgIpc) is 2.53. The molecule has 0 aliphatic rings. The van der Waals surface area contributed by atoms with Crippen LogP contribution in [-0.4, -0.2) is 71.7 Å². The van der Waals surface area contributed by atoms with E-state index in [4.69, 9.17) is 0 Å². The maximum Gasteiger partial charge on any atom is 0.354 e. The van der Waals surface area contributed by atoms with Gasteiger partial charge in [-0.3, -0.25) is 0 Å². The highest BCUT2D eigenvalue weighted by Gasteiger charge is 2.73. The number of carbonyl (C=O) groups is 4. The van der Waals surface area contributed by atoms with Crippen LogP contribution in [-0.2, 0) is 38.1 Å². The highest BCUT2D eigenvalue weighted by molar-refractivity contribution is 6.19. The molecule has 10 heteroatoms. The van der Waals surface area contributed by atoms with Crippen molar-refractivity contribution in [2.24, 2.45) is 0 Å². The fraction of sp³-hybridized carbons (Fsp3) is 0.714. The molecule has 0 aromatic carbocycles. The van der Waals surface area contributed by atoms with Gasteiger partial charge in [-0.2, -0.15) is 0 Å². The van der Waals surface area contributed by atoms with Crippen LogP contribution in [0.2, 0.25) is 0 Å².